The van der Waals surface area contributed by atoms with Crippen LogP contribution >= 0.6 is 0 Å². The molecule has 0 atom stereocenters. The van der Waals surface area contributed by atoms with Gasteiger partial charge in [-0.3, -0.25) is 0 Å². The zero-order chi connectivity index (χ0) is 10.5. The minimum atomic E-state index is 0.658. The fourth-order valence-electron chi connectivity index (χ4n) is 0.872. The van der Waals surface area contributed by atoms with Gasteiger partial charge in [0.1, 0.15) is 0 Å². The van der Waals surface area contributed by atoms with Crippen molar-refractivity contribution in [2.24, 2.45) is 0 Å². The maximum atomic E-state index is 5.31. The summed E-state index contributed by atoms with van der Waals surface area (Å²) in [6.45, 7) is 6.87. The molecule has 0 rings (SSSR count). The molecule has 0 aliphatic heterocycles. The molecule has 0 saturated carbocycles. The Kier molecular flexibility index (Phi) is 12.7. The average molecular weight is 206 g/mol. The predicted molar refractivity (Wildman–Crippen MR) is 54.6 cm³/mol. The lowest BCUT2D eigenvalue weighted by molar-refractivity contribution is 0.0305. The highest BCUT2D eigenvalue weighted by molar-refractivity contribution is 4.36. The Bertz CT molecular complexity index is 86.1. The van der Waals surface area contributed by atoms with Crippen molar-refractivity contribution in [3.05, 3.63) is 0 Å². The van der Waals surface area contributed by atoms with Crippen LogP contribution in [0.25, 0.3) is 0 Å². The second-order valence-corrected chi connectivity index (χ2v) is 2.77. The van der Waals surface area contributed by atoms with Crippen molar-refractivity contribution in [2.75, 3.05) is 53.4 Å². The zero-order valence-corrected chi connectivity index (χ0v) is 9.29. The molecule has 0 spiro atoms. The van der Waals surface area contributed by atoms with Crippen molar-refractivity contribution < 1.29 is 18.9 Å². The van der Waals surface area contributed by atoms with E-state index in [4.69, 9.17) is 18.9 Å². The van der Waals surface area contributed by atoms with Crippen molar-refractivity contribution in [3.63, 3.8) is 0 Å². The third kappa shape index (κ3) is 11.8. The van der Waals surface area contributed by atoms with Gasteiger partial charge in [-0.2, -0.15) is 0 Å². The van der Waals surface area contributed by atoms with Crippen LogP contribution in [-0.2, 0) is 18.9 Å². The summed E-state index contributed by atoms with van der Waals surface area (Å²) in [6, 6.07) is 0. The SMILES string of the molecule is CCOCCOCCCOCCOC. The smallest absolute Gasteiger partial charge is 0.0700 e. The van der Waals surface area contributed by atoms with Gasteiger partial charge in [0.2, 0.25) is 0 Å². The quantitative estimate of drug-likeness (QED) is 0.474. The molecule has 0 heterocycles. The van der Waals surface area contributed by atoms with E-state index in [0.717, 1.165) is 26.2 Å². The summed E-state index contributed by atoms with van der Waals surface area (Å²) in [7, 11) is 1.67. The molecule has 0 aromatic rings. The summed E-state index contributed by atoms with van der Waals surface area (Å²) in [5.74, 6) is 0. The molecule has 0 radical (unpaired) electrons. The van der Waals surface area contributed by atoms with E-state index < -0.39 is 0 Å². The molecule has 0 N–H and O–H groups in total. The molecule has 0 aromatic carbocycles. The van der Waals surface area contributed by atoms with E-state index in [1.807, 2.05) is 6.92 Å². The number of rotatable bonds is 11. The summed E-state index contributed by atoms with van der Waals surface area (Å²) in [5, 5.41) is 0. The Morgan fingerprint density at radius 2 is 1.29 bits per heavy atom. The van der Waals surface area contributed by atoms with Gasteiger partial charge in [-0.15, -0.1) is 0 Å². The van der Waals surface area contributed by atoms with E-state index in [1.165, 1.54) is 0 Å². The van der Waals surface area contributed by atoms with Gasteiger partial charge in [0.15, 0.2) is 0 Å². The van der Waals surface area contributed by atoms with E-state index in [-0.39, 0.29) is 0 Å². The molecule has 0 bridgehead atoms. The van der Waals surface area contributed by atoms with Crippen LogP contribution in [0, 0.1) is 0 Å². The van der Waals surface area contributed by atoms with Crippen LogP contribution in [0.5, 0.6) is 0 Å². The Labute approximate surface area is 86.5 Å². The first-order valence-electron chi connectivity index (χ1n) is 5.14. The van der Waals surface area contributed by atoms with Gasteiger partial charge in [-0.25, -0.2) is 0 Å². The first-order chi connectivity index (χ1) is 6.91. The maximum Gasteiger partial charge on any atom is 0.0700 e. The van der Waals surface area contributed by atoms with Crippen molar-refractivity contribution in [3.8, 4) is 0 Å². The second-order valence-electron chi connectivity index (χ2n) is 2.77. The van der Waals surface area contributed by atoms with Gasteiger partial charge < -0.3 is 18.9 Å². The molecular weight excluding hydrogens is 184 g/mol. The standard InChI is InChI=1S/C10H22O4/c1-3-12-9-10-14-6-4-5-13-8-7-11-2/h3-10H2,1-2H3. The number of hydrogen-bond donors (Lipinski definition) is 0. The number of methoxy groups -OCH3 is 1. The van der Waals surface area contributed by atoms with E-state index in [0.29, 0.717) is 26.4 Å². The van der Waals surface area contributed by atoms with Crippen molar-refractivity contribution in [1.29, 1.82) is 0 Å². The van der Waals surface area contributed by atoms with Gasteiger partial charge in [-0.1, -0.05) is 0 Å². The highest BCUT2D eigenvalue weighted by atomic mass is 16.5. The molecule has 0 aliphatic carbocycles. The summed E-state index contributed by atoms with van der Waals surface area (Å²) in [6.07, 6.45) is 0.926. The predicted octanol–water partition coefficient (Wildman–Crippen LogP) is 1.09. The zero-order valence-electron chi connectivity index (χ0n) is 9.29. The molecule has 0 unspecified atom stereocenters. The normalized spacial score (nSPS) is 10.7. The number of ether oxygens (including phenoxy) is 4. The van der Waals surface area contributed by atoms with Crippen LogP contribution in [0.3, 0.4) is 0 Å². The van der Waals surface area contributed by atoms with Gasteiger partial charge >= 0.3 is 0 Å². The molecule has 4 nitrogen and oxygen atoms in total. The largest absolute Gasteiger partial charge is 0.382 e. The highest BCUT2D eigenvalue weighted by Gasteiger charge is 1.90. The third-order valence-electron chi connectivity index (χ3n) is 1.59. The van der Waals surface area contributed by atoms with Crippen molar-refractivity contribution in [2.45, 2.75) is 13.3 Å². The van der Waals surface area contributed by atoms with E-state index >= 15 is 0 Å². The number of hydrogen-bond acceptors (Lipinski definition) is 4. The molecule has 0 amide bonds. The molecule has 14 heavy (non-hydrogen) atoms. The van der Waals surface area contributed by atoms with E-state index in [2.05, 4.69) is 0 Å². The monoisotopic (exact) mass is 206 g/mol. The minimum absolute atomic E-state index is 0.658. The first kappa shape index (κ1) is 13.8. The second kappa shape index (κ2) is 12.8. The fourth-order valence-corrected chi connectivity index (χ4v) is 0.872. The Hall–Kier alpha value is -0.160. The molecule has 0 saturated heterocycles. The molecular formula is C10H22O4. The van der Waals surface area contributed by atoms with Crippen molar-refractivity contribution in [1.82, 2.24) is 0 Å². The summed E-state index contributed by atoms with van der Waals surface area (Å²) >= 11 is 0. The molecule has 0 aliphatic rings. The van der Waals surface area contributed by atoms with Crippen molar-refractivity contribution >= 4 is 0 Å². The van der Waals surface area contributed by atoms with E-state index in [9.17, 15) is 0 Å². The summed E-state index contributed by atoms with van der Waals surface area (Å²) < 4.78 is 20.5. The minimum Gasteiger partial charge on any atom is -0.382 e. The Balaban J connectivity index is 2.78. The lowest BCUT2D eigenvalue weighted by atomic mass is 10.5. The topological polar surface area (TPSA) is 36.9 Å². The van der Waals surface area contributed by atoms with Crippen LogP contribution in [0.1, 0.15) is 13.3 Å². The lowest BCUT2D eigenvalue weighted by Crippen LogP contribution is -2.08. The Morgan fingerprint density at radius 3 is 1.86 bits per heavy atom. The van der Waals surface area contributed by atoms with Crippen LogP contribution < -0.4 is 0 Å². The molecule has 86 valence electrons. The summed E-state index contributed by atoms with van der Waals surface area (Å²) in [4.78, 5) is 0. The van der Waals surface area contributed by atoms with Crippen LogP contribution in [0.15, 0.2) is 0 Å². The highest BCUT2D eigenvalue weighted by Crippen LogP contribution is 1.86. The third-order valence-corrected chi connectivity index (χ3v) is 1.59. The van der Waals surface area contributed by atoms with Crippen LogP contribution in [-0.4, -0.2) is 53.4 Å². The van der Waals surface area contributed by atoms with Gasteiger partial charge in [0.05, 0.1) is 26.4 Å². The van der Waals surface area contributed by atoms with Gasteiger partial charge in [0.25, 0.3) is 0 Å². The van der Waals surface area contributed by atoms with E-state index in [1.54, 1.807) is 7.11 Å². The van der Waals surface area contributed by atoms with Gasteiger partial charge in [0, 0.05) is 26.9 Å². The molecule has 0 aromatic heterocycles. The van der Waals surface area contributed by atoms with Crippen LogP contribution in [0.2, 0.25) is 0 Å². The summed E-state index contributed by atoms with van der Waals surface area (Å²) in [5.41, 5.74) is 0. The lowest BCUT2D eigenvalue weighted by Gasteiger charge is -2.05. The van der Waals surface area contributed by atoms with Gasteiger partial charge in [-0.05, 0) is 13.3 Å². The average Bonchev–Trinajstić information content (AvgIpc) is 2.21. The molecule has 0 fully saturated rings. The molecule has 4 heteroatoms. The first-order valence-corrected chi connectivity index (χ1v) is 5.14. The fraction of sp³-hybridized carbons (Fsp3) is 1.00. The maximum absolute atomic E-state index is 5.31. The Morgan fingerprint density at radius 1 is 0.714 bits per heavy atom. The van der Waals surface area contributed by atoms with Crippen LogP contribution in [0.4, 0.5) is 0 Å².